The van der Waals surface area contributed by atoms with Crippen LogP contribution in [0.5, 0.6) is 0 Å². The number of aromatic nitrogens is 2. The van der Waals surface area contributed by atoms with Crippen molar-refractivity contribution >= 4 is 75.0 Å². The number of carbonyl (C=O) groups excluding carboxylic acids is 2. The first-order chi connectivity index (χ1) is 21.2. The summed E-state index contributed by atoms with van der Waals surface area (Å²) >= 11 is 19.2. The maximum atomic E-state index is 14.5. The number of amides is 2. The Morgan fingerprint density at radius 2 is 1.84 bits per heavy atom. The molecule has 8 nitrogen and oxygen atoms in total. The van der Waals surface area contributed by atoms with Gasteiger partial charge in [-0.25, -0.2) is 13.8 Å². The SMILES string of the molecule is Cn1c(Nc2c(Cl)ccc(CNC(=O)C(C)(C)C)c2Cl)nc2cc(C(=O)Nc3ccc(F)c(Cl)c3)c(C3CC(F)CCN3)cc21. The molecule has 2 atom stereocenters. The summed E-state index contributed by atoms with van der Waals surface area (Å²) in [4.78, 5) is 30.7. The molecule has 45 heavy (non-hydrogen) atoms. The number of halogens is 5. The lowest BCUT2D eigenvalue weighted by Crippen LogP contribution is -2.34. The van der Waals surface area contributed by atoms with Gasteiger partial charge < -0.3 is 25.8 Å². The van der Waals surface area contributed by atoms with Gasteiger partial charge in [-0.05, 0) is 66.9 Å². The summed E-state index contributed by atoms with van der Waals surface area (Å²) in [6, 6.07) is 10.4. The van der Waals surface area contributed by atoms with E-state index in [2.05, 4.69) is 21.3 Å². The first-order valence-corrected chi connectivity index (χ1v) is 15.5. The van der Waals surface area contributed by atoms with Crippen LogP contribution in [0.2, 0.25) is 15.1 Å². The average Bonchev–Trinajstić information content (AvgIpc) is 3.29. The van der Waals surface area contributed by atoms with Crippen molar-refractivity contribution in [3.8, 4) is 0 Å². The predicted molar refractivity (Wildman–Crippen MR) is 176 cm³/mol. The Morgan fingerprint density at radius 1 is 1.09 bits per heavy atom. The van der Waals surface area contributed by atoms with Gasteiger partial charge in [-0.2, -0.15) is 0 Å². The molecular formula is C32H33Cl3F2N6O2. The monoisotopic (exact) mass is 676 g/mol. The minimum absolute atomic E-state index is 0.122. The van der Waals surface area contributed by atoms with Crippen molar-refractivity contribution in [3.63, 3.8) is 0 Å². The van der Waals surface area contributed by atoms with Crippen LogP contribution in [0.4, 0.5) is 26.1 Å². The van der Waals surface area contributed by atoms with Crippen LogP contribution in [0.15, 0.2) is 42.5 Å². The van der Waals surface area contributed by atoms with Crippen LogP contribution >= 0.6 is 34.8 Å². The van der Waals surface area contributed by atoms with Gasteiger partial charge in [-0.1, -0.05) is 61.6 Å². The quantitative estimate of drug-likeness (QED) is 0.159. The summed E-state index contributed by atoms with van der Waals surface area (Å²) in [6.45, 7) is 6.13. The smallest absolute Gasteiger partial charge is 0.256 e. The van der Waals surface area contributed by atoms with Gasteiger partial charge in [-0.3, -0.25) is 9.59 Å². The van der Waals surface area contributed by atoms with Crippen molar-refractivity contribution in [2.24, 2.45) is 12.5 Å². The van der Waals surface area contributed by atoms with Gasteiger partial charge in [0.25, 0.3) is 5.91 Å². The van der Waals surface area contributed by atoms with E-state index in [1.165, 1.54) is 18.2 Å². The van der Waals surface area contributed by atoms with Gasteiger partial charge in [0, 0.05) is 36.3 Å². The van der Waals surface area contributed by atoms with Crippen LogP contribution in [0.25, 0.3) is 11.0 Å². The molecule has 0 spiro atoms. The molecule has 4 N–H and O–H groups in total. The van der Waals surface area contributed by atoms with E-state index in [0.717, 1.165) is 0 Å². The van der Waals surface area contributed by atoms with Crippen LogP contribution in [-0.4, -0.2) is 34.1 Å². The molecule has 1 aromatic heterocycles. The maximum absolute atomic E-state index is 14.5. The highest BCUT2D eigenvalue weighted by atomic mass is 35.5. The summed E-state index contributed by atoms with van der Waals surface area (Å²) in [5.41, 5.74) is 2.85. The van der Waals surface area contributed by atoms with Crippen molar-refractivity contribution in [1.82, 2.24) is 20.2 Å². The van der Waals surface area contributed by atoms with Crippen molar-refractivity contribution < 1.29 is 18.4 Å². The number of imidazole rings is 1. The summed E-state index contributed by atoms with van der Waals surface area (Å²) < 4.78 is 30.0. The van der Waals surface area contributed by atoms with Crippen molar-refractivity contribution in [1.29, 1.82) is 0 Å². The number of fused-ring (bicyclic) bond motifs is 1. The van der Waals surface area contributed by atoms with Crippen LogP contribution in [0.3, 0.4) is 0 Å². The fourth-order valence-electron chi connectivity index (χ4n) is 5.13. The Balaban J connectivity index is 1.51. The molecule has 3 aromatic carbocycles. The van der Waals surface area contributed by atoms with Gasteiger partial charge in [0.05, 0.1) is 31.8 Å². The zero-order valence-electron chi connectivity index (χ0n) is 25.1. The molecule has 1 aliphatic heterocycles. The topological polar surface area (TPSA) is 100 Å². The number of alkyl halides is 1. The predicted octanol–water partition coefficient (Wildman–Crippen LogP) is 8.09. The highest BCUT2D eigenvalue weighted by molar-refractivity contribution is 6.39. The highest BCUT2D eigenvalue weighted by Gasteiger charge is 2.28. The molecule has 1 aliphatic rings. The Labute approximate surface area is 274 Å². The van der Waals surface area contributed by atoms with E-state index >= 15 is 0 Å². The molecule has 2 amide bonds. The van der Waals surface area contributed by atoms with E-state index < -0.39 is 29.4 Å². The molecule has 1 saturated heterocycles. The Morgan fingerprint density at radius 3 is 2.53 bits per heavy atom. The molecule has 2 unspecified atom stereocenters. The largest absolute Gasteiger partial charge is 0.352 e. The normalized spacial score (nSPS) is 16.9. The standard InChI is InChI=1S/C32H33Cl3F2N6O2/c1-32(2,3)30(45)39-15-16-5-7-21(33)28(27(16)35)42-31-41-25-13-20(29(44)40-18-6-8-23(37)22(34)12-18)19(14-26(25)43(31)4)24-11-17(36)9-10-38-24/h5-8,12-14,17,24,38H,9-11,15H2,1-4H3,(H,39,45)(H,40,44)(H,41,42). The van der Waals surface area contributed by atoms with Crippen molar-refractivity contribution in [2.75, 3.05) is 17.2 Å². The number of hydrogen-bond donors (Lipinski definition) is 4. The Kier molecular flexibility index (Phi) is 9.60. The Hall–Kier alpha value is -3.44. The minimum atomic E-state index is -1.02. The molecular weight excluding hydrogens is 645 g/mol. The average molecular weight is 678 g/mol. The van der Waals surface area contributed by atoms with Gasteiger partial charge >= 0.3 is 0 Å². The van der Waals surface area contributed by atoms with E-state index in [1.807, 2.05) is 26.8 Å². The zero-order chi connectivity index (χ0) is 32.6. The van der Waals surface area contributed by atoms with Gasteiger partial charge in [0.1, 0.15) is 12.0 Å². The van der Waals surface area contributed by atoms with Crippen LogP contribution in [0.1, 0.15) is 61.1 Å². The first-order valence-electron chi connectivity index (χ1n) is 14.4. The number of rotatable bonds is 7. The van der Waals surface area contributed by atoms with Gasteiger partial charge in [-0.15, -0.1) is 0 Å². The number of piperidine rings is 1. The number of aryl methyl sites for hydroxylation is 1. The number of hydrogen-bond acceptors (Lipinski definition) is 5. The summed E-state index contributed by atoms with van der Waals surface area (Å²) in [5, 5.41) is 12.7. The molecule has 1 fully saturated rings. The molecule has 2 heterocycles. The summed E-state index contributed by atoms with van der Waals surface area (Å²) in [6.07, 6.45) is -0.442. The second-order valence-electron chi connectivity index (χ2n) is 12.1. The van der Waals surface area contributed by atoms with Crippen LogP contribution in [0, 0.1) is 11.2 Å². The molecule has 5 rings (SSSR count). The summed E-state index contributed by atoms with van der Waals surface area (Å²) in [7, 11) is 1.79. The Bertz CT molecular complexity index is 1790. The van der Waals surface area contributed by atoms with E-state index in [4.69, 9.17) is 39.8 Å². The number of benzene rings is 3. The molecule has 4 aromatic rings. The lowest BCUT2D eigenvalue weighted by atomic mass is 9.91. The number of carbonyl (C=O) groups is 2. The van der Waals surface area contributed by atoms with Gasteiger partial charge in [0.2, 0.25) is 11.9 Å². The second-order valence-corrected chi connectivity index (χ2v) is 13.3. The molecule has 0 aliphatic carbocycles. The van der Waals surface area contributed by atoms with Crippen molar-refractivity contribution in [2.45, 2.75) is 52.4 Å². The molecule has 0 bridgehead atoms. The third-order valence-electron chi connectivity index (χ3n) is 7.72. The molecule has 238 valence electrons. The fourth-order valence-corrected chi connectivity index (χ4v) is 5.84. The van der Waals surface area contributed by atoms with Crippen LogP contribution in [-0.2, 0) is 18.4 Å². The second kappa shape index (κ2) is 13.1. The first kappa shape index (κ1) is 32.9. The lowest BCUT2D eigenvalue weighted by Gasteiger charge is -2.28. The minimum Gasteiger partial charge on any atom is -0.352 e. The van der Waals surface area contributed by atoms with E-state index in [0.29, 0.717) is 62.5 Å². The number of anilines is 3. The lowest BCUT2D eigenvalue weighted by molar-refractivity contribution is -0.128. The summed E-state index contributed by atoms with van der Waals surface area (Å²) in [5.74, 6) is -0.818. The molecule has 13 heteroatoms. The number of nitrogens with one attached hydrogen (secondary N) is 4. The van der Waals surface area contributed by atoms with E-state index in [9.17, 15) is 18.4 Å². The van der Waals surface area contributed by atoms with E-state index in [1.54, 1.807) is 29.8 Å². The zero-order valence-corrected chi connectivity index (χ0v) is 27.4. The van der Waals surface area contributed by atoms with Crippen LogP contribution < -0.4 is 21.3 Å². The van der Waals surface area contributed by atoms with Crippen molar-refractivity contribution in [3.05, 3.63) is 80.0 Å². The fraction of sp³-hybridized carbons (Fsp3) is 0.344. The molecule has 0 radical (unpaired) electrons. The maximum Gasteiger partial charge on any atom is 0.256 e. The van der Waals surface area contributed by atoms with Gasteiger partial charge in [0.15, 0.2) is 0 Å². The molecule has 0 saturated carbocycles. The number of nitrogens with zero attached hydrogens (tertiary/aromatic N) is 2. The third-order valence-corrected chi connectivity index (χ3v) is 8.75. The highest BCUT2D eigenvalue weighted by Crippen LogP contribution is 2.37. The van der Waals surface area contributed by atoms with E-state index in [-0.39, 0.29) is 29.5 Å². The third kappa shape index (κ3) is 7.19.